The lowest BCUT2D eigenvalue weighted by atomic mass is 10.2. The van der Waals surface area contributed by atoms with Crippen LogP contribution in [0.5, 0.6) is 0 Å². The van der Waals surface area contributed by atoms with Gasteiger partial charge in [-0.25, -0.2) is 19.2 Å². The van der Waals surface area contributed by atoms with Crippen LogP contribution in [0.2, 0.25) is 0 Å². The third-order valence-corrected chi connectivity index (χ3v) is 2.39. The number of nitrogens with zero attached hydrogens (tertiary/aromatic N) is 3. The first-order valence-corrected chi connectivity index (χ1v) is 4.86. The number of halogens is 1. The van der Waals surface area contributed by atoms with E-state index < -0.39 is 17.8 Å². The Hall–Kier alpha value is -1.76. The average molecular weight is 226 g/mol. The van der Waals surface area contributed by atoms with Gasteiger partial charge in [-0.1, -0.05) is 0 Å². The maximum atomic E-state index is 12.6. The minimum absolute atomic E-state index is 0.246. The first kappa shape index (κ1) is 10.7. The number of carboxylic acid groups (broad SMARTS) is 1. The summed E-state index contributed by atoms with van der Waals surface area (Å²) in [6.45, 7) is 1.48. The molecular formula is C9H11FN4O2. The third kappa shape index (κ3) is 2.08. The molecule has 2 rings (SSSR count). The van der Waals surface area contributed by atoms with Crippen LogP contribution < -0.4 is 10.2 Å². The molecule has 0 spiro atoms. The summed E-state index contributed by atoms with van der Waals surface area (Å²) < 4.78 is 12.6. The zero-order valence-corrected chi connectivity index (χ0v) is 8.43. The second kappa shape index (κ2) is 4.40. The van der Waals surface area contributed by atoms with Crippen molar-refractivity contribution in [3.8, 4) is 0 Å². The van der Waals surface area contributed by atoms with E-state index in [1.54, 1.807) is 4.90 Å². The normalized spacial score (nSPS) is 20.8. The van der Waals surface area contributed by atoms with Crippen molar-refractivity contribution in [2.75, 3.05) is 24.5 Å². The van der Waals surface area contributed by atoms with Crippen molar-refractivity contribution in [1.29, 1.82) is 0 Å². The second-order valence-electron chi connectivity index (χ2n) is 3.45. The monoisotopic (exact) mass is 226 g/mol. The van der Waals surface area contributed by atoms with Gasteiger partial charge in [-0.05, 0) is 0 Å². The first-order chi connectivity index (χ1) is 7.68. The summed E-state index contributed by atoms with van der Waals surface area (Å²) in [5, 5.41) is 12.0. The number of anilines is 1. The largest absolute Gasteiger partial charge is 0.480 e. The first-order valence-electron chi connectivity index (χ1n) is 4.86. The van der Waals surface area contributed by atoms with Crippen molar-refractivity contribution in [3.63, 3.8) is 0 Å². The predicted octanol–water partition coefficient (Wildman–Crippen LogP) is -0.522. The van der Waals surface area contributed by atoms with E-state index in [9.17, 15) is 9.18 Å². The van der Waals surface area contributed by atoms with Crippen LogP contribution in [-0.4, -0.2) is 46.7 Å². The number of hydrogen-bond donors (Lipinski definition) is 2. The summed E-state index contributed by atoms with van der Waals surface area (Å²) in [4.78, 5) is 20.1. The van der Waals surface area contributed by atoms with Crippen LogP contribution in [-0.2, 0) is 4.79 Å². The molecule has 0 aromatic carbocycles. The van der Waals surface area contributed by atoms with Crippen LogP contribution in [0.15, 0.2) is 12.4 Å². The highest BCUT2D eigenvalue weighted by Crippen LogP contribution is 2.12. The van der Waals surface area contributed by atoms with Crippen molar-refractivity contribution in [1.82, 2.24) is 15.3 Å². The van der Waals surface area contributed by atoms with Gasteiger partial charge in [0, 0.05) is 19.6 Å². The Morgan fingerprint density at radius 1 is 1.56 bits per heavy atom. The molecule has 1 fully saturated rings. The van der Waals surface area contributed by atoms with E-state index in [2.05, 4.69) is 15.3 Å². The van der Waals surface area contributed by atoms with Gasteiger partial charge in [-0.3, -0.25) is 0 Å². The van der Waals surface area contributed by atoms with Gasteiger partial charge in [0.25, 0.3) is 0 Å². The van der Waals surface area contributed by atoms with Crippen molar-refractivity contribution in [3.05, 3.63) is 18.2 Å². The molecule has 86 valence electrons. The molecule has 16 heavy (non-hydrogen) atoms. The third-order valence-electron chi connectivity index (χ3n) is 2.39. The SMILES string of the molecule is O=C(O)[C@H]1CNCCN1c1ncc(F)cn1. The molecule has 2 heterocycles. The number of aliphatic carboxylic acids is 1. The Labute approximate surface area is 91.1 Å². The zero-order chi connectivity index (χ0) is 11.5. The number of hydrogen-bond acceptors (Lipinski definition) is 5. The van der Waals surface area contributed by atoms with E-state index in [0.717, 1.165) is 12.4 Å². The van der Waals surface area contributed by atoms with Crippen LogP contribution in [0.3, 0.4) is 0 Å². The molecule has 0 radical (unpaired) electrons. The predicted molar refractivity (Wildman–Crippen MR) is 53.6 cm³/mol. The van der Waals surface area contributed by atoms with Gasteiger partial charge >= 0.3 is 5.97 Å². The molecule has 7 heteroatoms. The number of carbonyl (C=O) groups is 1. The maximum absolute atomic E-state index is 12.6. The molecule has 6 nitrogen and oxygen atoms in total. The Bertz CT molecular complexity index is 384. The van der Waals surface area contributed by atoms with Crippen molar-refractivity contribution in [2.24, 2.45) is 0 Å². The standard InChI is InChI=1S/C9H11FN4O2/c10-6-3-12-9(13-4-6)14-2-1-11-5-7(14)8(15)16/h3-4,7,11H,1-2,5H2,(H,15,16)/t7-/m1/s1. The minimum Gasteiger partial charge on any atom is -0.480 e. The van der Waals surface area contributed by atoms with Crippen molar-refractivity contribution >= 4 is 11.9 Å². The average Bonchev–Trinajstić information content (AvgIpc) is 2.30. The highest BCUT2D eigenvalue weighted by molar-refractivity contribution is 5.77. The second-order valence-corrected chi connectivity index (χ2v) is 3.45. The van der Waals surface area contributed by atoms with Crippen LogP contribution in [0.25, 0.3) is 0 Å². The summed E-state index contributed by atoms with van der Waals surface area (Å²) in [5.74, 6) is -1.24. The van der Waals surface area contributed by atoms with Crippen molar-refractivity contribution < 1.29 is 14.3 Å². The minimum atomic E-state index is -0.944. The molecule has 1 atom stereocenters. The molecule has 0 unspecified atom stereocenters. The Kier molecular flexibility index (Phi) is 2.95. The quantitative estimate of drug-likeness (QED) is 0.706. The molecule has 1 aliphatic heterocycles. The summed E-state index contributed by atoms with van der Waals surface area (Å²) in [5.41, 5.74) is 0. The van der Waals surface area contributed by atoms with E-state index in [0.29, 0.717) is 19.6 Å². The zero-order valence-electron chi connectivity index (χ0n) is 8.43. The van der Waals surface area contributed by atoms with Gasteiger partial charge < -0.3 is 15.3 Å². The molecule has 0 saturated carbocycles. The molecule has 1 aliphatic rings. The van der Waals surface area contributed by atoms with Gasteiger partial charge in [-0.15, -0.1) is 0 Å². The number of carboxylic acids is 1. The van der Waals surface area contributed by atoms with E-state index in [1.807, 2.05) is 0 Å². The summed E-state index contributed by atoms with van der Waals surface area (Å²) in [7, 11) is 0. The molecule has 1 aromatic rings. The lowest BCUT2D eigenvalue weighted by Crippen LogP contribution is -2.55. The molecule has 0 amide bonds. The molecular weight excluding hydrogens is 215 g/mol. The fourth-order valence-electron chi connectivity index (χ4n) is 1.62. The van der Waals surface area contributed by atoms with Crippen LogP contribution >= 0.6 is 0 Å². The lowest BCUT2D eigenvalue weighted by molar-refractivity contribution is -0.138. The highest BCUT2D eigenvalue weighted by atomic mass is 19.1. The van der Waals surface area contributed by atoms with Crippen LogP contribution in [0.1, 0.15) is 0 Å². The van der Waals surface area contributed by atoms with Crippen molar-refractivity contribution in [2.45, 2.75) is 6.04 Å². The topological polar surface area (TPSA) is 78.4 Å². The van der Waals surface area contributed by atoms with E-state index in [4.69, 9.17) is 5.11 Å². The number of rotatable bonds is 2. The maximum Gasteiger partial charge on any atom is 0.327 e. The Morgan fingerprint density at radius 3 is 2.88 bits per heavy atom. The molecule has 1 aromatic heterocycles. The van der Waals surface area contributed by atoms with E-state index >= 15 is 0 Å². The van der Waals surface area contributed by atoms with Gasteiger partial charge in [0.05, 0.1) is 12.4 Å². The van der Waals surface area contributed by atoms with Gasteiger partial charge in [0.15, 0.2) is 5.82 Å². The molecule has 2 N–H and O–H groups in total. The van der Waals surface area contributed by atoms with Gasteiger partial charge in [0.2, 0.25) is 5.95 Å². The van der Waals surface area contributed by atoms with Crippen LogP contribution in [0, 0.1) is 5.82 Å². The lowest BCUT2D eigenvalue weighted by Gasteiger charge is -2.33. The number of piperazine rings is 1. The van der Waals surface area contributed by atoms with Crippen LogP contribution in [0.4, 0.5) is 10.3 Å². The van der Waals surface area contributed by atoms with E-state index in [1.165, 1.54) is 0 Å². The Balaban J connectivity index is 2.23. The van der Waals surface area contributed by atoms with E-state index in [-0.39, 0.29) is 5.95 Å². The molecule has 1 saturated heterocycles. The molecule has 0 bridgehead atoms. The Morgan fingerprint density at radius 2 is 2.25 bits per heavy atom. The number of nitrogens with one attached hydrogen (secondary N) is 1. The summed E-state index contributed by atoms with van der Waals surface area (Å²) in [6.07, 6.45) is 2.06. The summed E-state index contributed by atoms with van der Waals surface area (Å²) in [6, 6.07) is -0.709. The van der Waals surface area contributed by atoms with Gasteiger partial charge in [-0.2, -0.15) is 0 Å². The number of aromatic nitrogens is 2. The molecule has 0 aliphatic carbocycles. The van der Waals surface area contributed by atoms with Gasteiger partial charge in [0.1, 0.15) is 6.04 Å². The fourth-order valence-corrected chi connectivity index (χ4v) is 1.62. The highest BCUT2D eigenvalue weighted by Gasteiger charge is 2.29. The smallest absolute Gasteiger partial charge is 0.327 e. The fraction of sp³-hybridized carbons (Fsp3) is 0.444. The summed E-state index contributed by atoms with van der Waals surface area (Å²) >= 11 is 0.